The lowest BCUT2D eigenvalue weighted by atomic mass is 10.1. The molecule has 1 saturated heterocycles. The molecule has 26 heavy (non-hydrogen) atoms. The molecule has 1 aliphatic rings. The van der Waals surface area contributed by atoms with Crippen molar-refractivity contribution in [2.45, 2.75) is 25.4 Å². The number of anilines is 1. The van der Waals surface area contributed by atoms with Gasteiger partial charge >= 0.3 is 0 Å². The highest BCUT2D eigenvalue weighted by atomic mass is 32.1. The average molecular weight is 365 g/mol. The zero-order chi connectivity index (χ0) is 17.8. The number of rotatable bonds is 5. The molecule has 0 bridgehead atoms. The Morgan fingerprint density at radius 3 is 2.85 bits per heavy atom. The van der Waals surface area contributed by atoms with Gasteiger partial charge in [0.2, 0.25) is 5.13 Å². The Kier molecular flexibility index (Phi) is 4.99. The van der Waals surface area contributed by atoms with E-state index >= 15 is 0 Å². The second-order valence-corrected chi connectivity index (χ2v) is 7.11. The lowest BCUT2D eigenvalue weighted by Gasteiger charge is -2.24. The highest BCUT2D eigenvalue weighted by Crippen LogP contribution is 2.31. The van der Waals surface area contributed by atoms with Gasteiger partial charge in [-0.2, -0.15) is 0 Å². The highest BCUT2D eigenvalue weighted by Gasteiger charge is 2.26. The largest absolute Gasteiger partial charge is 0.296 e. The van der Waals surface area contributed by atoms with Gasteiger partial charge in [-0.05, 0) is 49.2 Å². The van der Waals surface area contributed by atoms with Crippen molar-refractivity contribution in [2.24, 2.45) is 0 Å². The van der Waals surface area contributed by atoms with Crippen LogP contribution in [0.3, 0.4) is 0 Å². The predicted octanol–water partition coefficient (Wildman–Crippen LogP) is 3.52. The van der Waals surface area contributed by atoms with E-state index in [0.29, 0.717) is 16.7 Å². The average Bonchev–Trinajstić information content (AvgIpc) is 3.35. The van der Waals surface area contributed by atoms with Crippen LogP contribution in [0.5, 0.6) is 0 Å². The van der Waals surface area contributed by atoms with E-state index in [2.05, 4.69) is 31.5 Å². The Morgan fingerprint density at radius 2 is 2.12 bits per heavy atom. The molecule has 6 nitrogen and oxygen atoms in total. The molecule has 1 aromatic carbocycles. The number of benzene rings is 1. The Bertz CT molecular complexity index is 851. The number of hydrogen-bond acceptors (Lipinski definition) is 6. The van der Waals surface area contributed by atoms with E-state index in [9.17, 15) is 4.79 Å². The number of hydrogen-bond donors (Lipinski definition) is 1. The molecule has 1 amide bonds. The molecule has 7 heteroatoms. The number of carbonyl (C=O) groups is 1. The maximum Gasteiger partial charge on any atom is 0.257 e. The molecule has 0 radical (unpaired) electrons. The Morgan fingerprint density at radius 1 is 1.23 bits per heavy atom. The SMILES string of the molecule is O=C(Nc1nncs1)c1ccc(CN2CCC[C@H]2c2ccccn2)cc1. The summed E-state index contributed by atoms with van der Waals surface area (Å²) in [6.07, 6.45) is 4.18. The molecule has 1 atom stereocenters. The fraction of sp³-hybridized carbons (Fsp3) is 0.263. The first kappa shape index (κ1) is 16.8. The lowest BCUT2D eigenvalue weighted by molar-refractivity contribution is 0.102. The first-order valence-corrected chi connectivity index (χ1v) is 9.49. The van der Waals surface area contributed by atoms with Crippen molar-refractivity contribution in [3.63, 3.8) is 0 Å². The first-order valence-electron chi connectivity index (χ1n) is 8.61. The van der Waals surface area contributed by atoms with E-state index in [1.54, 1.807) is 5.51 Å². The molecular weight excluding hydrogens is 346 g/mol. The minimum Gasteiger partial charge on any atom is -0.296 e. The van der Waals surface area contributed by atoms with E-state index in [-0.39, 0.29) is 5.91 Å². The van der Waals surface area contributed by atoms with Crippen molar-refractivity contribution in [2.75, 3.05) is 11.9 Å². The second-order valence-electron chi connectivity index (χ2n) is 6.28. The van der Waals surface area contributed by atoms with E-state index in [4.69, 9.17) is 0 Å². The topological polar surface area (TPSA) is 71.0 Å². The van der Waals surface area contributed by atoms with Gasteiger partial charge in [-0.3, -0.25) is 20.0 Å². The summed E-state index contributed by atoms with van der Waals surface area (Å²) in [7, 11) is 0. The van der Waals surface area contributed by atoms with Crippen LogP contribution in [0.4, 0.5) is 5.13 Å². The maximum absolute atomic E-state index is 12.2. The second kappa shape index (κ2) is 7.72. The molecule has 1 N–H and O–H groups in total. The summed E-state index contributed by atoms with van der Waals surface area (Å²) >= 11 is 1.30. The van der Waals surface area contributed by atoms with Gasteiger partial charge in [0.25, 0.3) is 5.91 Å². The van der Waals surface area contributed by atoms with Gasteiger partial charge in [-0.1, -0.05) is 29.5 Å². The van der Waals surface area contributed by atoms with Crippen molar-refractivity contribution in [3.8, 4) is 0 Å². The number of amides is 1. The fourth-order valence-electron chi connectivity index (χ4n) is 3.32. The standard InChI is InChI=1S/C19H19N5OS/c25-18(22-19-23-21-13-26-19)15-8-6-14(7-9-15)12-24-11-3-5-17(24)16-4-1-2-10-20-16/h1-2,4,6-10,13,17H,3,5,11-12H2,(H,22,23,25)/t17-/m0/s1. The molecular formula is C19H19N5OS. The Labute approximate surface area is 155 Å². The van der Waals surface area contributed by atoms with E-state index in [1.807, 2.05) is 42.6 Å². The lowest BCUT2D eigenvalue weighted by Crippen LogP contribution is -2.23. The fourth-order valence-corrected chi connectivity index (χ4v) is 3.76. The number of nitrogens with one attached hydrogen (secondary N) is 1. The van der Waals surface area contributed by atoms with Crippen LogP contribution in [0.15, 0.2) is 54.2 Å². The summed E-state index contributed by atoms with van der Waals surface area (Å²) in [5, 5.41) is 10.8. The van der Waals surface area contributed by atoms with E-state index in [1.165, 1.54) is 23.3 Å². The van der Waals surface area contributed by atoms with Crippen molar-refractivity contribution in [3.05, 3.63) is 71.0 Å². The number of nitrogens with zero attached hydrogens (tertiary/aromatic N) is 4. The van der Waals surface area contributed by atoms with Gasteiger partial charge in [-0.25, -0.2) is 0 Å². The van der Waals surface area contributed by atoms with Gasteiger partial charge < -0.3 is 0 Å². The smallest absolute Gasteiger partial charge is 0.257 e. The minimum absolute atomic E-state index is 0.166. The van der Waals surface area contributed by atoms with Gasteiger partial charge in [0.05, 0.1) is 11.7 Å². The van der Waals surface area contributed by atoms with Gasteiger partial charge in [0.15, 0.2) is 0 Å². The van der Waals surface area contributed by atoms with Crippen molar-refractivity contribution < 1.29 is 4.79 Å². The Balaban J connectivity index is 1.41. The highest BCUT2D eigenvalue weighted by molar-refractivity contribution is 7.13. The molecule has 0 unspecified atom stereocenters. The summed E-state index contributed by atoms with van der Waals surface area (Å²) in [6.45, 7) is 1.93. The third-order valence-corrected chi connectivity index (χ3v) is 5.18. The number of pyridine rings is 1. The van der Waals surface area contributed by atoms with Crippen LogP contribution in [0, 0.1) is 0 Å². The summed E-state index contributed by atoms with van der Waals surface area (Å²) in [6, 6.07) is 14.2. The first-order chi connectivity index (χ1) is 12.8. The molecule has 1 fully saturated rings. The monoisotopic (exact) mass is 365 g/mol. The predicted molar refractivity (Wildman–Crippen MR) is 101 cm³/mol. The van der Waals surface area contributed by atoms with Gasteiger partial charge in [-0.15, -0.1) is 10.2 Å². The molecule has 132 valence electrons. The Hall–Kier alpha value is -2.64. The van der Waals surface area contributed by atoms with Crippen LogP contribution in [-0.2, 0) is 6.54 Å². The third kappa shape index (κ3) is 3.79. The quantitative estimate of drug-likeness (QED) is 0.749. The summed E-state index contributed by atoms with van der Waals surface area (Å²) in [5.41, 5.74) is 4.54. The summed E-state index contributed by atoms with van der Waals surface area (Å²) in [5.74, 6) is -0.166. The van der Waals surface area contributed by atoms with Crippen LogP contribution >= 0.6 is 11.3 Å². The molecule has 4 rings (SSSR count). The van der Waals surface area contributed by atoms with E-state index < -0.39 is 0 Å². The van der Waals surface area contributed by atoms with Gasteiger partial charge in [0.1, 0.15) is 5.51 Å². The molecule has 3 aromatic rings. The maximum atomic E-state index is 12.2. The zero-order valence-electron chi connectivity index (χ0n) is 14.2. The van der Waals surface area contributed by atoms with Crippen LogP contribution in [0.25, 0.3) is 0 Å². The summed E-state index contributed by atoms with van der Waals surface area (Å²) in [4.78, 5) is 19.2. The zero-order valence-corrected chi connectivity index (χ0v) is 15.0. The van der Waals surface area contributed by atoms with Crippen LogP contribution in [-0.4, -0.2) is 32.5 Å². The molecule has 0 saturated carbocycles. The van der Waals surface area contributed by atoms with Crippen LogP contribution in [0.1, 0.15) is 40.5 Å². The number of aromatic nitrogens is 3. The third-order valence-electron chi connectivity index (χ3n) is 4.58. The van der Waals surface area contributed by atoms with Crippen molar-refractivity contribution in [1.82, 2.24) is 20.1 Å². The molecule has 2 aromatic heterocycles. The minimum atomic E-state index is -0.166. The normalized spacial score (nSPS) is 17.3. The van der Waals surface area contributed by atoms with Crippen LogP contribution < -0.4 is 5.32 Å². The van der Waals surface area contributed by atoms with Crippen LogP contribution in [0.2, 0.25) is 0 Å². The molecule has 0 aliphatic carbocycles. The molecule has 1 aliphatic heterocycles. The van der Waals surface area contributed by atoms with Crippen molar-refractivity contribution in [1.29, 1.82) is 0 Å². The summed E-state index contributed by atoms with van der Waals surface area (Å²) < 4.78 is 0. The van der Waals surface area contributed by atoms with Crippen molar-refractivity contribution >= 4 is 22.4 Å². The number of carbonyl (C=O) groups excluding carboxylic acids is 1. The molecule has 0 spiro atoms. The van der Waals surface area contributed by atoms with E-state index in [0.717, 1.165) is 25.2 Å². The van der Waals surface area contributed by atoms with Gasteiger partial charge in [0, 0.05) is 18.3 Å². The number of likely N-dealkylation sites (tertiary alicyclic amines) is 1. The molecule has 3 heterocycles.